The molecule has 7 aromatic rings. The minimum atomic E-state index is 1.03. The van der Waals surface area contributed by atoms with Gasteiger partial charge in [-0.05, 0) is 54.6 Å². The van der Waals surface area contributed by atoms with Crippen molar-refractivity contribution in [1.82, 2.24) is 9.97 Å². The van der Waals surface area contributed by atoms with E-state index in [0.717, 1.165) is 5.56 Å². The van der Waals surface area contributed by atoms with Crippen LogP contribution in [0.25, 0.3) is 65.7 Å². The molecule has 0 saturated carbocycles. The first-order chi connectivity index (χ1) is 17.9. The fourth-order valence-electron chi connectivity index (χ4n) is 5.54. The Morgan fingerprint density at radius 2 is 0.778 bits per heavy atom. The quantitative estimate of drug-likeness (QED) is 0.247. The van der Waals surface area contributed by atoms with E-state index >= 15 is 0 Å². The number of hydrogen-bond acceptors (Lipinski definition) is 2. The van der Waals surface area contributed by atoms with E-state index in [2.05, 4.69) is 125 Å². The maximum atomic E-state index is 4.32. The van der Waals surface area contributed by atoms with Gasteiger partial charge in [-0.3, -0.25) is 0 Å². The van der Waals surface area contributed by atoms with Crippen molar-refractivity contribution in [2.75, 3.05) is 0 Å². The number of nitrogens with zero attached hydrogens (tertiary/aromatic N) is 2. The van der Waals surface area contributed by atoms with E-state index in [-0.39, 0.29) is 0 Å². The standard InChI is InChI=1S/C34H22N2/c1-2-10-23(11-3-1)25-18-19-32(27-13-5-4-12-26(25)27)34-30-16-8-6-14-28(30)33(24-20-35-22-36-21-24)29-15-7-9-17-31(29)34/h1-22H. The molecule has 168 valence electrons. The van der Waals surface area contributed by atoms with Gasteiger partial charge in [-0.15, -0.1) is 0 Å². The Labute approximate surface area is 209 Å². The zero-order valence-electron chi connectivity index (χ0n) is 19.6. The monoisotopic (exact) mass is 458 g/mol. The molecule has 0 fully saturated rings. The molecule has 0 aliphatic rings. The van der Waals surface area contributed by atoms with Crippen LogP contribution in [0.15, 0.2) is 134 Å². The summed E-state index contributed by atoms with van der Waals surface area (Å²) in [6, 6.07) is 41.4. The average Bonchev–Trinajstić information content (AvgIpc) is 2.96. The van der Waals surface area contributed by atoms with Crippen LogP contribution in [-0.4, -0.2) is 9.97 Å². The lowest BCUT2D eigenvalue weighted by molar-refractivity contribution is 1.17. The Bertz CT molecular complexity index is 1820. The number of fused-ring (bicyclic) bond motifs is 3. The van der Waals surface area contributed by atoms with Gasteiger partial charge in [0.15, 0.2) is 0 Å². The van der Waals surface area contributed by atoms with E-state index in [0.29, 0.717) is 0 Å². The van der Waals surface area contributed by atoms with Crippen LogP contribution in [0.5, 0.6) is 0 Å². The Morgan fingerprint density at radius 1 is 0.333 bits per heavy atom. The number of aromatic nitrogens is 2. The first-order valence-corrected chi connectivity index (χ1v) is 12.2. The Morgan fingerprint density at radius 3 is 1.36 bits per heavy atom. The van der Waals surface area contributed by atoms with Gasteiger partial charge in [0.25, 0.3) is 0 Å². The Kier molecular flexibility index (Phi) is 4.82. The maximum Gasteiger partial charge on any atom is 0.115 e. The summed E-state index contributed by atoms with van der Waals surface area (Å²) in [5, 5.41) is 7.38. The molecule has 7 rings (SSSR count). The smallest absolute Gasteiger partial charge is 0.115 e. The summed E-state index contributed by atoms with van der Waals surface area (Å²) < 4.78 is 0. The predicted molar refractivity (Wildman–Crippen MR) is 151 cm³/mol. The molecule has 1 aromatic heterocycles. The molecule has 1 heterocycles. The first kappa shape index (κ1) is 20.5. The van der Waals surface area contributed by atoms with Gasteiger partial charge in [0, 0.05) is 23.5 Å². The molecule has 2 heteroatoms. The minimum Gasteiger partial charge on any atom is -0.244 e. The van der Waals surface area contributed by atoms with Gasteiger partial charge in [0.05, 0.1) is 0 Å². The number of benzene rings is 6. The second-order valence-corrected chi connectivity index (χ2v) is 9.04. The van der Waals surface area contributed by atoms with Crippen molar-refractivity contribution in [2.24, 2.45) is 0 Å². The SMILES string of the molecule is c1ccc(-c2ccc(-c3c4ccccc4c(-c4cncnc4)c4ccccc34)c3ccccc23)cc1. The largest absolute Gasteiger partial charge is 0.244 e. The molecule has 0 aliphatic heterocycles. The van der Waals surface area contributed by atoms with E-state index in [9.17, 15) is 0 Å². The predicted octanol–water partition coefficient (Wildman–Crippen LogP) is 8.94. The highest BCUT2D eigenvalue weighted by atomic mass is 14.8. The lowest BCUT2D eigenvalue weighted by Gasteiger charge is -2.19. The highest BCUT2D eigenvalue weighted by Gasteiger charge is 2.18. The highest BCUT2D eigenvalue weighted by molar-refractivity contribution is 6.24. The van der Waals surface area contributed by atoms with Gasteiger partial charge in [0.1, 0.15) is 6.33 Å². The van der Waals surface area contributed by atoms with Crippen LogP contribution >= 0.6 is 0 Å². The molecular weight excluding hydrogens is 436 g/mol. The van der Waals surface area contributed by atoms with E-state index in [1.807, 2.05) is 12.4 Å². The summed E-state index contributed by atoms with van der Waals surface area (Å²) in [6.45, 7) is 0. The van der Waals surface area contributed by atoms with Gasteiger partial charge in [-0.25, -0.2) is 9.97 Å². The normalized spacial score (nSPS) is 11.3. The van der Waals surface area contributed by atoms with Gasteiger partial charge in [-0.1, -0.05) is 115 Å². The van der Waals surface area contributed by atoms with Crippen LogP contribution in [0.4, 0.5) is 0 Å². The molecule has 0 unspecified atom stereocenters. The summed E-state index contributed by atoms with van der Waals surface area (Å²) in [5.41, 5.74) is 7.19. The van der Waals surface area contributed by atoms with Crippen LogP contribution in [-0.2, 0) is 0 Å². The van der Waals surface area contributed by atoms with Crippen LogP contribution in [0.3, 0.4) is 0 Å². The third-order valence-electron chi connectivity index (χ3n) is 7.06. The van der Waals surface area contributed by atoms with Crippen molar-refractivity contribution in [3.05, 3.63) is 134 Å². The van der Waals surface area contributed by atoms with Crippen molar-refractivity contribution in [2.45, 2.75) is 0 Å². The third-order valence-corrected chi connectivity index (χ3v) is 7.06. The fourth-order valence-corrected chi connectivity index (χ4v) is 5.54. The number of hydrogen-bond donors (Lipinski definition) is 0. The molecule has 0 bridgehead atoms. The molecule has 0 amide bonds. The molecular formula is C34H22N2. The molecule has 0 N–H and O–H groups in total. The fraction of sp³-hybridized carbons (Fsp3) is 0. The molecule has 0 atom stereocenters. The van der Waals surface area contributed by atoms with Crippen LogP contribution < -0.4 is 0 Å². The second-order valence-electron chi connectivity index (χ2n) is 9.04. The lowest BCUT2D eigenvalue weighted by Crippen LogP contribution is -1.93. The lowest BCUT2D eigenvalue weighted by atomic mass is 9.84. The van der Waals surface area contributed by atoms with Crippen molar-refractivity contribution >= 4 is 32.3 Å². The molecule has 2 nitrogen and oxygen atoms in total. The number of rotatable bonds is 3. The summed E-state index contributed by atoms with van der Waals surface area (Å²) in [4.78, 5) is 8.65. The van der Waals surface area contributed by atoms with Crippen LogP contribution in [0.2, 0.25) is 0 Å². The molecule has 0 aliphatic carbocycles. The van der Waals surface area contributed by atoms with E-state index in [1.54, 1.807) is 6.33 Å². The summed E-state index contributed by atoms with van der Waals surface area (Å²) in [5.74, 6) is 0. The van der Waals surface area contributed by atoms with E-state index in [4.69, 9.17) is 0 Å². The third kappa shape index (κ3) is 3.19. The van der Waals surface area contributed by atoms with Gasteiger partial charge >= 0.3 is 0 Å². The van der Waals surface area contributed by atoms with Crippen LogP contribution in [0, 0.1) is 0 Å². The van der Waals surface area contributed by atoms with Crippen molar-refractivity contribution in [1.29, 1.82) is 0 Å². The van der Waals surface area contributed by atoms with Gasteiger partial charge in [-0.2, -0.15) is 0 Å². The van der Waals surface area contributed by atoms with E-state index < -0.39 is 0 Å². The van der Waals surface area contributed by atoms with E-state index in [1.165, 1.54) is 60.1 Å². The molecule has 6 aromatic carbocycles. The average molecular weight is 459 g/mol. The molecule has 0 saturated heterocycles. The second kappa shape index (κ2) is 8.44. The zero-order chi connectivity index (χ0) is 23.9. The Hall–Kier alpha value is -4.82. The van der Waals surface area contributed by atoms with Crippen molar-refractivity contribution in [3.63, 3.8) is 0 Å². The maximum absolute atomic E-state index is 4.32. The van der Waals surface area contributed by atoms with Crippen molar-refractivity contribution < 1.29 is 0 Å². The molecule has 36 heavy (non-hydrogen) atoms. The van der Waals surface area contributed by atoms with Crippen molar-refractivity contribution in [3.8, 4) is 33.4 Å². The molecule has 0 radical (unpaired) electrons. The highest BCUT2D eigenvalue weighted by Crippen LogP contribution is 2.46. The minimum absolute atomic E-state index is 1.03. The zero-order valence-corrected chi connectivity index (χ0v) is 19.6. The van der Waals surface area contributed by atoms with Crippen LogP contribution in [0.1, 0.15) is 0 Å². The van der Waals surface area contributed by atoms with Gasteiger partial charge < -0.3 is 0 Å². The summed E-state index contributed by atoms with van der Waals surface area (Å²) >= 11 is 0. The first-order valence-electron chi connectivity index (χ1n) is 12.2. The van der Waals surface area contributed by atoms with Gasteiger partial charge in [0.2, 0.25) is 0 Å². The molecule has 0 spiro atoms. The summed E-state index contributed by atoms with van der Waals surface area (Å²) in [7, 11) is 0. The Balaban J connectivity index is 1.62. The topological polar surface area (TPSA) is 25.8 Å². The summed E-state index contributed by atoms with van der Waals surface area (Å²) in [6.07, 6.45) is 5.40.